The molecule has 4 rings (SSSR count). The van der Waals surface area contributed by atoms with E-state index in [9.17, 15) is 5.11 Å². The average molecular weight is 290 g/mol. The molecule has 0 aromatic carbocycles. The standard InChI is InChI=1S/C20H34O/c1-13-6-7-15(21)19(5)9-8-14-16-17(2,3)10-11-18(16,4)12-20(13,14)19/h13-16,21H,6-12H2,1-5H3/t13-,14-,15+,16+,18+,19-,20+/m0/s1. The number of aliphatic hydroxyl groups excluding tert-OH is 1. The minimum atomic E-state index is -0.0516. The average Bonchev–Trinajstić information content (AvgIpc) is 2.92. The first-order chi connectivity index (χ1) is 9.67. The molecule has 0 aliphatic heterocycles. The Bertz CT molecular complexity index is 468. The van der Waals surface area contributed by atoms with Crippen molar-refractivity contribution < 1.29 is 5.11 Å². The second-order valence-corrected chi connectivity index (χ2v) is 10.4. The predicted octanol–water partition coefficient (Wildman–Crippen LogP) is 5.03. The van der Waals surface area contributed by atoms with E-state index in [0.717, 1.165) is 24.2 Å². The lowest BCUT2D eigenvalue weighted by molar-refractivity contribution is -0.129. The van der Waals surface area contributed by atoms with E-state index in [2.05, 4.69) is 34.6 Å². The Morgan fingerprint density at radius 1 is 0.905 bits per heavy atom. The van der Waals surface area contributed by atoms with Crippen LogP contribution in [0, 0.1) is 39.4 Å². The third-order valence-corrected chi connectivity index (χ3v) is 9.22. The molecule has 4 aliphatic carbocycles. The van der Waals surface area contributed by atoms with Crippen molar-refractivity contribution in [2.24, 2.45) is 39.4 Å². The highest BCUT2D eigenvalue weighted by molar-refractivity contribution is 5.23. The largest absolute Gasteiger partial charge is 0.393 e. The van der Waals surface area contributed by atoms with Crippen LogP contribution in [0.2, 0.25) is 0 Å². The third-order valence-electron chi connectivity index (χ3n) is 9.22. The Kier molecular flexibility index (Phi) is 2.69. The van der Waals surface area contributed by atoms with Gasteiger partial charge in [0.15, 0.2) is 0 Å². The summed E-state index contributed by atoms with van der Waals surface area (Å²) >= 11 is 0. The quantitative estimate of drug-likeness (QED) is 0.663. The highest BCUT2D eigenvalue weighted by atomic mass is 16.3. The molecule has 0 aromatic rings. The Balaban J connectivity index is 1.86. The van der Waals surface area contributed by atoms with Crippen LogP contribution in [0.15, 0.2) is 0 Å². The van der Waals surface area contributed by atoms with Gasteiger partial charge in [-0.25, -0.2) is 0 Å². The zero-order valence-corrected chi connectivity index (χ0v) is 14.7. The van der Waals surface area contributed by atoms with Gasteiger partial charge in [0.25, 0.3) is 0 Å². The minimum absolute atomic E-state index is 0.0516. The zero-order chi connectivity index (χ0) is 15.3. The smallest absolute Gasteiger partial charge is 0.0599 e. The molecule has 7 atom stereocenters. The van der Waals surface area contributed by atoms with E-state index in [1.165, 1.54) is 38.5 Å². The van der Waals surface area contributed by atoms with E-state index < -0.39 is 0 Å². The van der Waals surface area contributed by atoms with Gasteiger partial charge in [-0.1, -0.05) is 34.6 Å². The molecular formula is C20H34O. The Labute approximate surface area is 130 Å². The summed E-state index contributed by atoms with van der Waals surface area (Å²) in [7, 11) is 0. The van der Waals surface area contributed by atoms with Crippen molar-refractivity contribution in [2.45, 2.75) is 85.7 Å². The summed E-state index contributed by atoms with van der Waals surface area (Å²) in [6.45, 7) is 12.6. The molecule has 0 aromatic heterocycles. The Hall–Kier alpha value is -0.0400. The van der Waals surface area contributed by atoms with Gasteiger partial charge in [-0.15, -0.1) is 0 Å². The molecule has 1 heteroatoms. The molecule has 0 amide bonds. The van der Waals surface area contributed by atoms with Gasteiger partial charge < -0.3 is 5.11 Å². The van der Waals surface area contributed by atoms with E-state index in [-0.39, 0.29) is 11.5 Å². The van der Waals surface area contributed by atoms with Crippen LogP contribution in [-0.4, -0.2) is 11.2 Å². The molecule has 1 N–H and O–H groups in total. The van der Waals surface area contributed by atoms with Crippen molar-refractivity contribution in [3.05, 3.63) is 0 Å². The lowest BCUT2D eigenvalue weighted by Gasteiger charge is -2.56. The van der Waals surface area contributed by atoms with Gasteiger partial charge in [-0.2, -0.15) is 0 Å². The van der Waals surface area contributed by atoms with Gasteiger partial charge in [-0.05, 0) is 84.4 Å². The minimum Gasteiger partial charge on any atom is -0.393 e. The molecule has 4 saturated carbocycles. The van der Waals surface area contributed by atoms with E-state index >= 15 is 0 Å². The molecule has 1 nitrogen and oxygen atoms in total. The lowest BCUT2D eigenvalue weighted by atomic mass is 9.50. The molecule has 21 heavy (non-hydrogen) atoms. The van der Waals surface area contributed by atoms with Gasteiger partial charge in [0.1, 0.15) is 0 Å². The fourth-order valence-electron chi connectivity index (χ4n) is 8.49. The van der Waals surface area contributed by atoms with E-state index in [1.54, 1.807) is 0 Å². The second-order valence-electron chi connectivity index (χ2n) is 10.4. The van der Waals surface area contributed by atoms with E-state index in [4.69, 9.17) is 0 Å². The molecular weight excluding hydrogens is 256 g/mol. The maximum atomic E-state index is 10.9. The molecule has 0 heterocycles. The van der Waals surface area contributed by atoms with Crippen LogP contribution in [0.25, 0.3) is 0 Å². The summed E-state index contributed by atoms with van der Waals surface area (Å²) in [5.74, 6) is 2.56. The van der Waals surface area contributed by atoms with Crippen molar-refractivity contribution in [3.8, 4) is 0 Å². The van der Waals surface area contributed by atoms with Crippen LogP contribution < -0.4 is 0 Å². The van der Waals surface area contributed by atoms with Crippen molar-refractivity contribution >= 4 is 0 Å². The van der Waals surface area contributed by atoms with Gasteiger partial charge in [0.2, 0.25) is 0 Å². The number of hydrogen-bond donors (Lipinski definition) is 1. The zero-order valence-electron chi connectivity index (χ0n) is 14.7. The van der Waals surface area contributed by atoms with Crippen molar-refractivity contribution in [2.75, 3.05) is 0 Å². The van der Waals surface area contributed by atoms with E-state index in [1.807, 2.05) is 0 Å². The van der Waals surface area contributed by atoms with E-state index in [0.29, 0.717) is 16.2 Å². The highest BCUT2D eigenvalue weighted by Gasteiger charge is 2.74. The molecule has 0 saturated heterocycles. The summed E-state index contributed by atoms with van der Waals surface area (Å²) in [6, 6.07) is 0. The number of rotatable bonds is 0. The topological polar surface area (TPSA) is 20.2 Å². The summed E-state index contributed by atoms with van der Waals surface area (Å²) < 4.78 is 0. The molecule has 0 bridgehead atoms. The Morgan fingerprint density at radius 2 is 1.62 bits per heavy atom. The summed E-state index contributed by atoms with van der Waals surface area (Å²) in [6.07, 6.45) is 9.11. The maximum absolute atomic E-state index is 10.9. The third kappa shape index (κ3) is 1.44. The van der Waals surface area contributed by atoms with Crippen LogP contribution in [0.1, 0.15) is 79.6 Å². The van der Waals surface area contributed by atoms with Gasteiger partial charge in [0, 0.05) is 0 Å². The summed E-state index contributed by atoms with van der Waals surface area (Å²) in [4.78, 5) is 0. The monoisotopic (exact) mass is 290 g/mol. The van der Waals surface area contributed by atoms with Crippen molar-refractivity contribution in [1.82, 2.24) is 0 Å². The first kappa shape index (κ1) is 14.5. The summed E-state index contributed by atoms with van der Waals surface area (Å²) in [5.41, 5.74) is 1.68. The molecule has 1 spiro atoms. The van der Waals surface area contributed by atoms with Crippen LogP contribution >= 0.6 is 0 Å². The molecule has 4 aliphatic rings. The van der Waals surface area contributed by atoms with Gasteiger partial charge in [-0.3, -0.25) is 0 Å². The Morgan fingerprint density at radius 3 is 2.33 bits per heavy atom. The second kappa shape index (κ2) is 3.89. The van der Waals surface area contributed by atoms with Crippen molar-refractivity contribution in [1.29, 1.82) is 0 Å². The predicted molar refractivity (Wildman–Crippen MR) is 86.9 cm³/mol. The molecule has 0 radical (unpaired) electrons. The van der Waals surface area contributed by atoms with Crippen LogP contribution in [-0.2, 0) is 0 Å². The number of fused-ring (bicyclic) bond motifs is 2. The maximum Gasteiger partial charge on any atom is 0.0599 e. The van der Waals surface area contributed by atoms with Crippen LogP contribution in [0.4, 0.5) is 0 Å². The fraction of sp³-hybridized carbons (Fsp3) is 1.00. The summed E-state index contributed by atoms with van der Waals surface area (Å²) in [5, 5.41) is 10.9. The van der Waals surface area contributed by atoms with Crippen LogP contribution in [0.5, 0.6) is 0 Å². The van der Waals surface area contributed by atoms with Gasteiger partial charge in [0.05, 0.1) is 6.10 Å². The first-order valence-electron chi connectivity index (χ1n) is 9.35. The SMILES string of the molecule is C[C@H]1CC[C@@H](O)[C@]2(C)CC[C@H]3[C@@H]4C(C)(C)CC[C@]4(C)C[C@@]132. The number of hydrogen-bond acceptors (Lipinski definition) is 1. The lowest BCUT2D eigenvalue weighted by Crippen LogP contribution is -2.53. The molecule has 0 unspecified atom stereocenters. The molecule has 120 valence electrons. The molecule has 4 fully saturated rings. The number of aliphatic hydroxyl groups is 1. The van der Waals surface area contributed by atoms with Gasteiger partial charge >= 0.3 is 0 Å². The first-order valence-corrected chi connectivity index (χ1v) is 9.35. The fourth-order valence-corrected chi connectivity index (χ4v) is 8.49. The normalized spacial score (nSPS) is 61.4. The van der Waals surface area contributed by atoms with Crippen LogP contribution in [0.3, 0.4) is 0 Å². The highest BCUT2D eigenvalue weighted by Crippen LogP contribution is 2.80. The van der Waals surface area contributed by atoms with Crippen molar-refractivity contribution in [3.63, 3.8) is 0 Å².